The third kappa shape index (κ3) is 4.09. The smallest absolute Gasteiger partial charge is 0.262 e. The quantitative estimate of drug-likeness (QED) is 0.498. The topological polar surface area (TPSA) is 58.7 Å². The van der Waals surface area contributed by atoms with Crippen molar-refractivity contribution in [2.24, 2.45) is 0 Å². The number of fused-ring (bicyclic) bond motifs is 1. The average Bonchev–Trinajstić information content (AvgIpc) is 2.65. The molecule has 2 aromatic carbocycles. The van der Waals surface area contributed by atoms with Crippen molar-refractivity contribution in [2.75, 3.05) is 0 Å². The van der Waals surface area contributed by atoms with Gasteiger partial charge in [0.25, 0.3) is 5.56 Å². The van der Waals surface area contributed by atoms with Crippen molar-refractivity contribution in [2.45, 2.75) is 36.7 Å². The van der Waals surface area contributed by atoms with E-state index in [0.29, 0.717) is 22.6 Å². The largest absolute Gasteiger partial charge is 0.287 e. The Morgan fingerprint density at radius 2 is 1.88 bits per heavy atom. The van der Waals surface area contributed by atoms with Crippen molar-refractivity contribution in [3.63, 3.8) is 0 Å². The number of nitriles is 1. The van der Waals surface area contributed by atoms with E-state index >= 15 is 0 Å². The van der Waals surface area contributed by atoms with Gasteiger partial charge in [-0.25, -0.2) is 4.98 Å². The van der Waals surface area contributed by atoms with Gasteiger partial charge in [0.15, 0.2) is 5.16 Å². The summed E-state index contributed by atoms with van der Waals surface area (Å²) in [5.74, 6) is 0. The van der Waals surface area contributed by atoms with E-state index in [1.54, 1.807) is 10.6 Å². The van der Waals surface area contributed by atoms with Crippen molar-refractivity contribution < 1.29 is 0 Å². The summed E-state index contributed by atoms with van der Waals surface area (Å²) in [5.41, 5.74) is 1.90. The highest BCUT2D eigenvalue weighted by atomic mass is 32.2. The van der Waals surface area contributed by atoms with Crippen molar-refractivity contribution in [3.8, 4) is 6.07 Å². The number of thioether (sulfide) groups is 1. The van der Waals surface area contributed by atoms with Crippen molar-refractivity contribution in [1.29, 1.82) is 5.26 Å². The molecule has 4 nitrogen and oxygen atoms in total. The molecular formula is C20H19N3OS. The Bertz CT molecular complexity index is 960. The van der Waals surface area contributed by atoms with E-state index in [0.717, 1.165) is 12.8 Å². The SMILES string of the molecule is CC(C#N)Sc1nc2ccccc2c(=O)n1CCCc1ccccc1. The zero-order valence-electron chi connectivity index (χ0n) is 14.1. The van der Waals surface area contributed by atoms with Gasteiger partial charge in [0, 0.05) is 6.54 Å². The first-order chi connectivity index (χ1) is 12.2. The second-order valence-electron chi connectivity index (χ2n) is 5.85. The fourth-order valence-electron chi connectivity index (χ4n) is 2.71. The molecule has 3 rings (SSSR count). The summed E-state index contributed by atoms with van der Waals surface area (Å²) >= 11 is 1.34. The number of hydrogen-bond donors (Lipinski definition) is 0. The summed E-state index contributed by atoms with van der Waals surface area (Å²) in [6.45, 7) is 2.41. The lowest BCUT2D eigenvalue weighted by Crippen LogP contribution is -2.24. The standard InChI is InChI=1S/C20H19N3OS/c1-15(14-21)25-20-22-18-12-6-5-11-17(18)19(24)23(20)13-7-10-16-8-3-2-4-9-16/h2-6,8-9,11-12,15H,7,10,13H2,1H3. The Kier molecular flexibility index (Phi) is 5.52. The number of benzene rings is 2. The molecule has 25 heavy (non-hydrogen) atoms. The van der Waals surface area contributed by atoms with Crippen LogP contribution in [0.5, 0.6) is 0 Å². The monoisotopic (exact) mass is 349 g/mol. The molecule has 0 aliphatic rings. The number of para-hydroxylation sites is 1. The lowest BCUT2D eigenvalue weighted by molar-refractivity contribution is 0.563. The molecule has 0 saturated carbocycles. The molecule has 0 bridgehead atoms. The van der Waals surface area contributed by atoms with E-state index in [1.807, 2.05) is 43.3 Å². The van der Waals surface area contributed by atoms with Crippen LogP contribution in [0.2, 0.25) is 0 Å². The van der Waals surface area contributed by atoms with E-state index in [1.165, 1.54) is 17.3 Å². The minimum absolute atomic E-state index is 0.0358. The Hall–Kier alpha value is -2.58. The van der Waals surface area contributed by atoms with Crippen LogP contribution in [-0.4, -0.2) is 14.8 Å². The zero-order valence-corrected chi connectivity index (χ0v) is 14.9. The molecule has 126 valence electrons. The first kappa shape index (κ1) is 17.2. The molecule has 0 amide bonds. The second-order valence-corrected chi connectivity index (χ2v) is 7.15. The van der Waals surface area contributed by atoms with Gasteiger partial charge < -0.3 is 0 Å². The highest BCUT2D eigenvalue weighted by molar-refractivity contribution is 8.00. The highest BCUT2D eigenvalue weighted by Crippen LogP contribution is 2.22. The Morgan fingerprint density at radius 1 is 1.16 bits per heavy atom. The van der Waals surface area contributed by atoms with Gasteiger partial charge in [-0.05, 0) is 37.5 Å². The van der Waals surface area contributed by atoms with Crippen LogP contribution in [0, 0.1) is 11.3 Å². The summed E-state index contributed by atoms with van der Waals surface area (Å²) in [6, 6.07) is 19.8. The molecule has 0 N–H and O–H groups in total. The van der Waals surface area contributed by atoms with Gasteiger partial charge in [-0.15, -0.1) is 0 Å². The highest BCUT2D eigenvalue weighted by Gasteiger charge is 2.14. The number of hydrogen-bond acceptors (Lipinski definition) is 4. The summed E-state index contributed by atoms with van der Waals surface area (Å²) < 4.78 is 1.71. The molecule has 0 saturated heterocycles. The molecule has 0 fully saturated rings. The predicted molar refractivity (Wildman–Crippen MR) is 102 cm³/mol. The fraction of sp³-hybridized carbons (Fsp3) is 0.250. The first-order valence-corrected chi connectivity index (χ1v) is 9.17. The van der Waals surface area contributed by atoms with Crippen LogP contribution in [0.3, 0.4) is 0 Å². The number of aromatic nitrogens is 2. The summed E-state index contributed by atoms with van der Waals surface area (Å²) in [5, 5.41) is 10.1. The van der Waals surface area contributed by atoms with E-state index < -0.39 is 0 Å². The Balaban J connectivity index is 1.90. The third-order valence-electron chi connectivity index (χ3n) is 3.98. The fourth-order valence-corrected chi connectivity index (χ4v) is 3.53. The molecule has 0 aliphatic carbocycles. The van der Waals surface area contributed by atoms with Crippen molar-refractivity contribution >= 4 is 22.7 Å². The van der Waals surface area contributed by atoms with Crippen molar-refractivity contribution in [1.82, 2.24) is 9.55 Å². The number of aryl methyl sites for hydroxylation is 1. The molecule has 3 aromatic rings. The molecule has 0 spiro atoms. The van der Waals surface area contributed by atoms with E-state index in [9.17, 15) is 4.79 Å². The van der Waals surface area contributed by atoms with Gasteiger partial charge in [0.1, 0.15) is 0 Å². The number of nitrogens with zero attached hydrogens (tertiary/aromatic N) is 3. The molecule has 1 aromatic heterocycles. The van der Waals surface area contributed by atoms with Crippen LogP contribution < -0.4 is 5.56 Å². The van der Waals surface area contributed by atoms with Crippen LogP contribution in [0.1, 0.15) is 18.9 Å². The van der Waals surface area contributed by atoms with E-state index in [-0.39, 0.29) is 10.8 Å². The van der Waals surface area contributed by atoms with Gasteiger partial charge >= 0.3 is 0 Å². The van der Waals surface area contributed by atoms with Crippen LogP contribution in [0.15, 0.2) is 64.5 Å². The van der Waals surface area contributed by atoms with Crippen LogP contribution in [-0.2, 0) is 13.0 Å². The Labute approximate surface area is 151 Å². The molecular weight excluding hydrogens is 330 g/mol. The van der Waals surface area contributed by atoms with Gasteiger partial charge in [0.2, 0.25) is 0 Å². The summed E-state index contributed by atoms with van der Waals surface area (Å²) in [7, 11) is 0. The van der Waals surface area contributed by atoms with Crippen molar-refractivity contribution in [3.05, 3.63) is 70.5 Å². The average molecular weight is 349 g/mol. The maximum Gasteiger partial charge on any atom is 0.262 e. The normalized spacial score (nSPS) is 12.0. The van der Waals surface area contributed by atoms with E-state index in [2.05, 4.69) is 23.2 Å². The van der Waals surface area contributed by atoms with Gasteiger partial charge in [-0.1, -0.05) is 54.2 Å². The first-order valence-electron chi connectivity index (χ1n) is 8.29. The lowest BCUT2D eigenvalue weighted by Gasteiger charge is -2.13. The summed E-state index contributed by atoms with van der Waals surface area (Å²) in [4.78, 5) is 17.5. The maximum atomic E-state index is 12.9. The van der Waals surface area contributed by atoms with Gasteiger partial charge in [0.05, 0.1) is 22.2 Å². The lowest BCUT2D eigenvalue weighted by atomic mass is 10.1. The maximum absolute atomic E-state index is 12.9. The third-order valence-corrected chi connectivity index (χ3v) is 4.96. The van der Waals surface area contributed by atoms with E-state index in [4.69, 9.17) is 5.26 Å². The molecule has 5 heteroatoms. The molecule has 1 heterocycles. The predicted octanol–water partition coefficient (Wildman–Crippen LogP) is 4.03. The van der Waals surface area contributed by atoms with Crippen LogP contribution >= 0.6 is 11.8 Å². The van der Waals surface area contributed by atoms with Gasteiger partial charge in [-0.3, -0.25) is 9.36 Å². The molecule has 1 atom stereocenters. The second kappa shape index (κ2) is 8.00. The molecule has 0 radical (unpaired) electrons. The minimum atomic E-state index is -0.256. The Morgan fingerprint density at radius 3 is 2.64 bits per heavy atom. The number of rotatable bonds is 6. The van der Waals surface area contributed by atoms with Gasteiger partial charge in [-0.2, -0.15) is 5.26 Å². The molecule has 0 aliphatic heterocycles. The minimum Gasteiger partial charge on any atom is -0.287 e. The molecule has 1 unspecified atom stereocenters. The van der Waals surface area contributed by atoms with Crippen LogP contribution in [0.25, 0.3) is 10.9 Å². The summed E-state index contributed by atoms with van der Waals surface area (Å²) in [6.07, 6.45) is 1.75. The van der Waals surface area contributed by atoms with Crippen LogP contribution in [0.4, 0.5) is 0 Å². The zero-order chi connectivity index (χ0) is 17.6.